The number of benzene rings is 1. The Morgan fingerprint density at radius 2 is 1.90 bits per heavy atom. The topological polar surface area (TPSA) is 42.1 Å². The van der Waals surface area contributed by atoms with Gasteiger partial charge in [-0.15, -0.1) is 0 Å². The zero-order valence-electron chi connectivity index (χ0n) is 10.8. The summed E-state index contributed by atoms with van der Waals surface area (Å²) in [6.45, 7) is 0.437. The number of halogens is 4. The molecular weight excluding hydrogens is 286 g/mol. The van der Waals surface area contributed by atoms with Gasteiger partial charge in [-0.1, -0.05) is 6.07 Å². The number of pyridine rings is 1. The number of nitrogens with two attached hydrogens (primary N) is 1. The van der Waals surface area contributed by atoms with Crippen LogP contribution in [0.4, 0.5) is 34.9 Å². The highest BCUT2D eigenvalue weighted by Gasteiger charge is 2.33. The van der Waals surface area contributed by atoms with Crippen LogP contribution in [0.25, 0.3) is 0 Å². The van der Waals surface area contributed by atoms with Crippen LogP contribution in [0.3, 0.4) is 0 Å². The average molecular weight is 297 g/mol. The van der Waals surface area contributed by atoms with Gasteiger partial charge < -0.3 is 10.6 Å². The first-order valence-electron chi connectivity index (χ1n) is 6.25. The second-order valence-corrected chi connectivity index (χ2v) is 4.81. The van der Waals surface area contributed by atoms with E-state index in [1.807, 2.05) is 0 Å². The fourth-order valence-corrected chi connectivity index (χ4v) is 2.43. The summed E-state index contributed by atoms with van der Waals surface area (Å²) in [5.41, 5.74) is 5.99. The smallest absolute Gasteiger partial charge is 0.384 e. The van der Waals surface area contributed by atoms with Crippen molar-refractivity contribution in [2.45, 2.75) is 12.6 Å². The van der Waals surface area contributed by atoms with Crippen molar-refractivity contribution >= 4 is 17.3 Å². The van der Waals surface area contributed by atoms with Gasteiger partial charge in [0.15, 0.2) is 0 Å². The van der Waals surface area contributed by atoms with Gasteiger partial charge in [0, 0.05) is 12.2 Å². The summed E-state index contributed by atoms with van der Waals surface area (Å²) in [6.07, 6.45) is -3.89. The summed E-state index contributed by atoms with van der Waals surface area (Å²) >= 11 is 0. The van der Waals surface area contributed by atoms with Gasteiger partial charge in [0.25, 0.3) is 0 Å². The minimum atomic E-state index is -4.50. The van der Waals surface area contributed by atoms with Gasteiger partial charge >= 0.3 is 6.18 Å². The largest absolute Gasteiger partial charge is 0.416 e. The van der Waals surface area contributed by atoms with E-state index >= 15 is 0 Å². The number of nitrogens with zero attached hydrogens (tertiary/aromatic N) is 2. The maximum Gasteiger partial charge on any atom is 0.416 e. The Balaban J connectivity index is 2.07. The molecule has 1 aliphatic heterocycles. The van der Waals surface area contributed by atoms with E-state index in [9.17, 15) is 17.6 Å². The fraction of sp³-hybridized carbons (Fsp3) is 0.214. The third-order valence-corrected chi connectivity index (χ3v) is 3.38. The van der Waals surface area contributed by atoms with Crippen molar-refractivity contribution in [1.29, 1.82) is 0 Å². The van der Waals surface area contributed by atoms with Gasteiger partial charge in [-0.2, -0.15) is 13.2 Å². The number of fused-ring (bicyclic) bond motifs is 1. The van der Waals surface area contributed by atoms with Crippen LogP contribution >= 0.6 is 0 Å². The number of rotatable bonds is 1. The number of hydrogen-bond acceptors (Lipinski definition) is 3. The summed E-state index contributed by atoms with van der Waals surface area (Å²) in [7, 11) is 0. The molecule has 0 fully saturated rings. The van der Waals surface area contributed by atoms with E-state index in [1.54, 1.807) is 11.0 Å². The van der Waals surface area contributed by atoms with Gasteiger partial charge in [0.1, 0.15) is 17.5 Å². The van der Waals surface area contributed by atoms with E-state index in [-0.39, 0.29) is 11.6 Å². The molecule has 0 atom stereocenters. The maximum atomic E-state index is 13.3. The molecule has 3 nitrogen and oxygen atoms in total. The van der Waals surface area contributed by atoms with Crippen LogP contribution in [0.1, 0.15) is 11.1 Å². The van der Waals surface area contributed by atoms with Gasteiger partial charge in [0.05, 0.1) is 5.56 Å². The molecule has 2 heterocycles. The van der Waals surface area contributed by atoms with E-state index < -0.39 is 17.6 Å². The predicted octanol–water partition coefficient (Wildman–Crippen LogP) is 3.52. The number of nitrogen functional groups attached to an aromatic ring is 1. The van der Waals surface area contributed by atoms with Crippen molar-refractivity contribution in [3.63, 3.8) is 0 Å². The van der Waals surface area contributed by atoms with E-state index in [4.69, 9.17) is 5.73 Å². The Kier molecular flexibility index (Phi) is 3.00. The van der Waals surface area contributed by atoms with E-state index in [0.29, 0.717) is 18.7 Å². The molecule has 0 unspecified atom stereocenters. The van der Waals surface area contributed by atoms with Crippen LogP contribution in [-0.4, -0.2) is 11.5 Å². The molecule has 3 rings (SSSR count). The lowest BCUT2D eigenvalue weighted by molar-refractivity contribution is -0.137. The maximum absolute atomic E-state index is 13.3. The highest BCUT2D eigenvalue weighted by atomic mass is 19.4. The normalized spacial score (nSPS) is 14.4. The van der Waals surface area contributed by atoms with Gasteiger partial charge in [-0.05, 0) is 36.2 Å². The highest BCUT2D eigenvalue weighted by molar-refractivity contribution is 5.69. The number of alkyl halides is 3. The van der Waals surface area contributed by atoms with Crippen LogP contribution in [0.5, 0.6) is 0 Å². The Morgan fingerprint density at radius 1 is 1.14 bits per heavy atom. The van der Waals surface area contributed by atoms with Crippen molar-refractivity contribution in [2.24, 2.45) is 0 Å². The molecule has 110 valence electrons. The first-order valence-corrected chi connectivity index (χ1v) is 6.25. The molecule has 0 saturated carbocycles. The Morgan fingerprint density at radius 3 is 2.62 bits per heavy atom. The number of hydrogen-bond donors (Lipinski definition) is 1. The summed E-state index contributed by atoms with van der Waals surface area (Å²) in [5.74, 6) is -0.586. The number of aromatic nitrogens is 1. The molecule has 1 aliphatic rings. The minimum absolute atomic E-state index is 0.0756. The standard InChI is InChI=1S/C14H11F4N3/c15-10-2-1-8-3-4-21(11(8)7-10)13-6-9(14(16,17)18)5-12(19)20-13/h1-2,5-7H,3-4H2,(H2,19,20). The molecule has 0 spiro atoms. The molecule has 2 aromatic rings. The second-order valence-electron chi connectivity index (χ2n) is 4.81. The molecule has 0 amide bonds. The quantitative estimate of drug-likeness (QED) is 0.819. The molecular formula is C14H11F4N3. The Bertz CT molecular complexity index is 697. The third kappa shape index (κ3) is 2.51. The molecule has 0 aliphatic carbocycles. The lowest BCUT2D eigenvalue weighted by Gasteiger charge is -2.20. The third-order valence-electron chi connectivity index (χ3n) is 3.38. The van der Waals surface area contributed by atoms with Crippen LogP contribution < -0.4 is 10.6 Å². The fourth-order valence-electron chi connectivity index (χ4n) is 2.43. The molecule has 0 saturated heterocycles. The Labute approximate surface area is 118 Å². The lowest BCUT2D eigenvalue weighted by Crippen LogP contribution is -2.17. The van der Waals surface area contributed by atoms with Gasteiger partial charge in [0.2, 0.25) is 0 Å². The minimum Gasteiger partial charge on any atom is -0.384 e. The van der Waals surface area contributed by atoms with Gasteiger partial charge in [-0.25, -0.2) is 9.37 Å². The van der Waals surface area contributed by atoms with Crippen LogP contribution in [0, 0.1) is 5.82 Å². The van der Waals surface area contributed by atoms with E-state index in [0.717, 1.165) is 17.7 Å². The van der Waals surface area contributed by atoms with Gasteiger partial charge in [-0.3, -0.25) is 0 Å². The lowest BCUT2D eigenvalue weighted by atomic mass is 10.1. The summed E-state index contributed by atoms with van der Waals surface area (Å²) in [5, 5.41) is 0. The first kappa shape index (κ1) is 13.7. The molecule has 0 bridgehead atoms. The molecule has 1 aromatic carbocycles. The zero-order valence-corrected chi connectivity index (χ0v) is 10.8. The van der Waals surface area contributed by atoms with Crippen molar-refractivity contribution in [3.8, 4) is 0 Å². The van der Waals surface area contributed by atoms with Crippen molar-refractivity contribution in [3.05, 3.63) is 47.3 Å². The van der Waals surface area contributed by atoms with Crippen molar-refractivity contribution in [2.75, 3.05) is 17.2 Å². The second kappa shape index (κ2) is 4.61. The molecule has 1 aromatic heterocycles. The average Bonchev–Trinajstić information content (AvgIpc) is 2.79. The van der Waals surface area contributed by atoms with Crippen LogP contribution in [0.2, 0.25) is 0 Å². The zero-order chi connectivity index (χ0) is 15.2. The predicted molar refractivity (Wildman–Crippen MR) is 70.8 cm³/mol. The summed E-state index contributed by atoms with van der Waals surface area (Å²) < 4.78 is 51.8. The Hall–Kier alpha value is -2.31. The molecule has 7 heteroatoms. The highest BCUT2D eigenvalue weighted by Crippen LogP contribution is 2.37. The molecule has 21 heavy (non-hydrogen) atoms. The van der Waals surface area contributed by atoms with E-state index in [2.05, 4.69) is 4.98 Å². The summed E-state index contributed by atoms with van der Waals surface area (Å²) in [4.78, 5) is 5.48. The SMILES string of the molecule is Nc1cc(C(F)(F)F)cc(N2CCc3ccc(F)cc32)n1. The monoisotopic (exact) mass is 297 g/mol. The first-order chi connectivity index (χ1) is 9.84. The van der Waals surface area contributed by atoms with Crippen LogP contribution in [0.15, 0.2) is 30.3 Å². The van der Waals surface area contributed by atoms with E-state index in [1.165, 1.54) is 12.1 Å². The van der Waals surface area contributed by atoms with Crippen LogP contribution in [-0.2, 0) is 12.6 Å². The molecule has 2 N–H and O–H groups in total. The summed E-state index contributed by atoms with van der Waals surface area (Å²) in [6, 6.07) is 5.96. The number of anilines is 3. The molecule has 0 radical (unpaired) electrons. The van der Waals surface area contributed by atoms with Crippen molar-refractivity contribution < 1.29 is 17.6 Å². The van der Waals surface area contributed by atoms with Crippen molar-refractivity contribution in [1.82, 2.24) is 4.98 Å².